The van der Waals surface area contributed by atoms with E-state index in [0.717, 1.165) is 0 Å². The molecule has 1 aromatic heterocycles. The van der Waals surface area contributed by atoms with Gasteiger partial charge in [-0.05, 0) is 37.1 Å². The first-order valence-electron chi connectivity index (χ1n) is 9.25. The molecule has 1 saturated heterocycles. The standard InChI is InChI=1S/C20H23N3O4S/c21-11-5-12-22(16-18-6-4-15-27-18)20(24)17-9-13-23(14-10-17)28(25,26)19-7-2-1-3-8-19/h1-4,6-8,15,17H,5,9-10,12-14,16H2. The first kappa shape index (κ1) is 20.1. The number of benzene rings is 1. The lowest BCUT2D eigenvalue weighted by atomic mass is 9.96. The summed E-state index contributed by atoms with van der Waals surface area (Å²) in [7, 11) is -3.54. The molecule has 0 bridgehead atoms. The molecule has 2 aromatic rings. The first-order valence-corrected chi connectivity index (χ1v) is 10.7. The van der Waals surface area contributed by atoms with Crippen LogP contribution in [0.1, 0.15) is 25.0 Å². The van der Waals surface area contributed by atoms with Crippen molar-refractivity contribution in [1.82, 2.24) is 9.21 Å². The molecule has 1 amide bonds. The van der Waals surface area contributed by atoms with Crippen LogP contribution in [-0.4, -0.2) is 43.2 Å². The zero-order valence-electron chi connectivity index (χ0n) is 15.5. The normalized spacial score (nSPS) is 15.8. The SMILES string of the molecule is N#CCCN(Cc1ccco1)C(=O)C1CCN(S(=O)(=O)c2ccccc2)CC1. The van der Waals surface area contributed by atoms with Gasteiger partial charge in [0.15, 0.2) is 0 Å². The van der Waals surface area contributed by atoms with E-state index in [0.29, 0.717) is 44.8 Å². The second-order valence-electron chi connectivity index (χ2n) is 6.74. The third kappa shape index (κ3) is 4.61. The topological polar surface area (TPSA) is 94.6 Å². The van der Waals surface area contributed by atoms with Gasteiger partial charge in [-0.15, -0.1) is 0 Å². The average Bonchev–Trinajstić information content (AvgIpc) is 3.24. The molecule has 0 saturated carbocycles. The number of sulfonamides is 1. The van der Waals surface area contributed by atoms with Gasteiger partial charge in [0, 0.05) is 25.6 Å². The summed E-state index contributed by atoms with van der Waals surface area (Å²) in [6, 6.07) is 14.0. The Morgan fingerprint density at radius 2 is 1.89 bits per heavy atom. The van der Waals surface area contributed by atoms with E-state index < -0.39 is 10.0 Å². The quantitative estimate of drug-likeness (QED) is 0.711. The Kier molecular flexibility index (Phi) is 6.49. The van der Waals surface area contributed by atoms with Crippen molar-refractivity contribution in [2.75, 3.05) is 19.6 Å². The third-order valence-electron chi connectivity index (χ3n) is 4.92. The van der Waals surface area contributed by atoms with Gasteiger partial charge in [-0.25, -0.2) is 8.42 Å². The van der Waals surface area contributed by atoms with Crippen molar-refractivity contribution < 1.29 is 17.6 Å². The third-order valence-corrected chi connectivity index (χ3v) is 6.83. The molecule has 0 aliphatic carbocycles. The van der Waals surface area contributed by atoms with Crippen LogP contribution in [0, 0.1) is 17.2 Å². The first-order chi connectivity index (χ1) is 13.5. The van der Waals surface area contributed by atoms with Crippen molar-refractivity contribution in [3.63, 3.8) is 0 Å². The van der Waals surface area contributed by atoms with Crippen LogP contribution in [0.15, 0.2) is 58.0 Å². The highest BCUT2D eigenvalue weighted by atomic mass is 32.2. The van der Waals surface area contributed by atoms with Crippen LogP contribution in [0.3, 0.4) is 0 Å². The summed E-state index contributed by atoms with van der Waals surface area (Å²) in [5, 5.41) is 8.88. The van der Waals surface area contributed by atoms with E-state index in [1.165, 1.54) is 4.31 Å². The molecule has 2 heterocycles. The summed E-state index contributed by atoms with van der Waals surface area (Å²) in [5.41, 5.74) is 0. The van der Waals surface area contributed by atoms with Crippen LogP contribution in [0.5, 0.6) is 0 Å². The minimum atomic E-state index is -3.54. The average molecular weight is 401 g/mol. The van der Waals surface area contributed by atoms with Crippen molar-refractivity contribution in [3.05, 3.63) is 54.5 Å². The van der Waals surface area contributed by atoms with Crippen molar-refractivity contribution in [3.8, 4) is 6.07 Å². The molecule has 148 valence electrons. The number of nitriles is 1. The van der Waals surface area contributed by atoms with Gasteiger partial charge in [0.1, 0.15) is 5.76 Å². The Labute approximate surface area is 165 Å². The van der Waals surface area contributed by atoms with Crippen molar-refractivity contribution in [1.29, 1.82) is 5.26 Å². The summed E-state index contributed by atoms with van der Waals surface area (Å²) >= 11 is 0. The molecule has 0 spiro atoms. The van der Waals surface area contributed by atoms with Gasteiger partial charge in [0.2, 0.25) is 15.9 Å². The van der Waals surface area contributed by atoms with Crippen LogP contribution >= 0.6 is 0 Å². The number of hydrogen-bond donors (Lipinski definition) is 0. The second kappa shape index (κ2) is 9.04. The Morgan fingerprint density at radius 1 is 1.18 bits per heavy atom. The van der Waals surface area contributed by atoms with Crippen LogP contribution in [0.25, 0.3) is 0 Å². The van der Waals surface area contributed by atoms with E-state index in [1.807, 2.05) is 0 Å². The Bertz CT molecular complexity index is 912. The van der Waals surface area contributed by atoms with E-state index in [1.54, 1.807) is 53.6 Å². The minimum Gasteiger partial charge on any atom is -0.467 e. The maximum absolute atomic E-state index is 13.0. The number of nitrogens with zero attached hydrogens (tertiary/aromatic N) is 3. The second-order valence-corrected chi connectivity index (χ2v) is 8.68. The highest BCUT2D eigenvalue weighted by molar-refractivity contribution is 7.89. The lowest BCUT2D eigenvalue weighted by Gasteiger charge is -2.33. The Morgan fingerprint density at radius 3 is 2.50 bits per heavy atom. The van der Waals surface area contributed by atoms with Gasteiger partial charge in [-0.2, -0.15) is 9.57 Å². The van der Waals surface area contributed by atoms with Gasteiger partial charge in [-0.1, -0.05) is 18.2 Å². The van der Waals surface area contributed by atoms with Gasteiger partial charge in [-0.3, -0.25) is 4.79 Å². The lowest BCUT2D eigenvalue weighted by Crippen LogP contribution is -2.44. The van der Waals surface area contributed by atoms with E-state index in [4.69, 9.17) is 9.68 Å². The summed E-state index contributed by atoms with van der Waals surface area (Å²) in [4.78, 5) is 14.9. The smallest absolute Gasteiger partial charge is 0.243 e. The number of piperidine rings is 1. The number of hydrogen-bond acceptors (Lipinski definition) is 5. The molecule has 8 heteroatoms. The van der Waals surface area contributed by atoms with Crippen LogP contribution in [-0.2, 0) is 21.4 Å². The predicted octanol–water partition coefficient (Wildman–Crippen LogP) is 2.62. The van der Waals surface area contributed by atoms with Crippen LogP contribution < -0.4 is 0 Å². The number of furan rings is 1. The molecule has 7 nitrogen and oxygen atoms in total. The highest BCUT2D eigenvalue weighted by Crippen LogP contribution is 2.25. The van der Waals surface area contributed by atoms with Crippen molar-refractivity contribution in [2.45, 2.75) is 30.7 Å². The van der Waals surface area contributed by atoms with Crippen LogP contribution in [0.4, 0.5) is 0 Å². The fourth-order valence-corrected chi connectivity index (χ4v) is 4.88. The molecule has 1 fully saturated rings. The highest BCUT2D eigenvalue weighted by Gasteiger charge is 2.33. The largest absolute Gasteiger partial charge is 0.467 e. The number of carbonyl (C=O) groups is 1. The van der Waals surface area contributed by atoms with Gasteiger partial charge in [0.25, 0.3) is 0 Å². The van der Waals surface area contributed by atoms with Gasteiger partial charge >= 0.3 is 0 Å². The van der Waals surface area contributed by atoms with Crippen molar-refractivity contribution >= 4 is 15.9 Å². The monoisotopic (exact) mass is 401 g/mol. The molecule has 1 aliphatic rings. The molecule has 0 radical (unpaired) electrons. The maximum atomic E-state index is 13.0. The molecule has 0 unspecified atom stereocenters. The fraction of sp³-hybridized carbons (Fsp3) is 0.400. The van der Waals surface area contributed by atoms with Crippen LogP contribution in [0.2, 0.25) is 0 Å². The molecule has 1 aromatic carbocycles. The zero-order valence-corrected chi connectivity index (χ0v) is 16.3. The lowest BCUT2D eigenvalue weighted by molar-refractivity contribution is -0.137. The number of rotatable bonds is 7. The fourth-order valence-electron chi connectivity index (χ4n) is 3.39. The van der Waals surface area contributed by atoms with Gasteiger partial charge in [0.05, 0.1) is 30.2 Å². The molecule has 0 N–H and O–H groups in total. The van der Waals surface area contributed by atoms with Crippen molar-refractivity contribution in [2.24, 2.45) is 5.92 Å². The molecule has 1 aliphatic heterocycles. The zero-order chi connectivity index (χ0) is 20.0. The molecular weight excluding hydrogens is 378 g/mol. The number of amides is 1. The van der Waals surface area contributed by atoms with E-state index in [-0.39, 0.29) is 23.1 Å². The maximum Gasteiger partial charge on any atom is 0.243 e. The number of carbonyl (C=O) groups excluding carboxylic acids is 1. The molecule has 28 heavy (non-hydrogen) atoms. The summed E-state index contributed by atoms with van der Waals surface area (Å²) in [6.07, 6.45) is 2.72. The Hall–Kier alpha value is -2.63. The van der Waals surface area contributed by atoms with E-state index >= 15 is 0 Å². The molecule has 3 rings (SSSR count). The summed E-state index contributed by atoms with van der Waals surface area (Å²) in [6.45, 7) is 1.26. The van der Waals surface area contributed by atoms with E-state index in [9.17, 15) is 13.2 Å². The molecule has 0 atom stereocenters. The Balaban J connectivity index is 1.64. The van der Waals surface area contributed by atoms with E-state index in [2.05, 4.69) is 6.07 Å². The molecular formula is C20H23N3O4S. The minimum absolute atomic E-state index is 0.0524. The predicted molar refractivity (Wildman–Crippen MR) is 102 cm³/mol. The van der Waals surface area contributed by atoms with Gasteiger partial charge < -0.3 is 9.32 Å². The summed E-state index contributed by atoms with van der Waals surface area (Å²) < 4.78 is 32.2. The summed E-state index contributed by atoms with van der Waals surface area (Å²) in [5.74, 6) is 0.356.